The number of nitrogens with zero attached hydrogens (tertiary/aromatic N) is 1. The number of carbonyl (C=O) groups excluding carboxylic acids is 1. The van der Waals surface area contributed by atoms with Crippen LogP contribution in [0.15, 0.2) is 29.2 Å². The van der Waals surface area contributed by atoms with Crippen molar-refractivity contribution in [3.63, 3.8) is 0 Å². The van der Waals surface area contributed by atoms with Crippen LogP contribution in [0.2, 0.25) is 0 Å². The number of hydrogen-bond acceptors (Lipinski definition) is 5. The highest BCUT2D eigenvalue weighted by Crippen LogP contribution is 2.17. The molecule has 0 radical (unpaired) electrons. The van der Waals surface area contributed by atoms with E-state index in [1.807, 2.05) is 0 Å². The summed E-state index contributed by atoms with van der Waals surface area (Å²) in [7, 11) is -3.79. The van der Waals surface area contributed by atoms with E-state index in [-0.39, 0.29) is 35.5 Å². The van der Waals surface area contributed by atoms with Crippen molar-refractivity contribution in [2.75, 3.05) is 6.54 Å². The summed E-state index contributed by atoms with van der Waals surface area (Å²) in [5, 5.41) is 13.6. The maximum Gasteiger partial charge on any atom is 0.269 e. The van der Waals surface area contributed by atoms with Crippen LogP contribution in [0.3, 0.4) is 0 Å². The SMILES string of the molecule is O=C(CCNS(=O)(=O)c1ccc([N+](=O)[O-])cc1)NC1CCCCCCC1. The number of nitro benzene ring substituents is 1. The third-order valence-corrected chi connectivity index (χ3v) is 5.95. The first kappa shape index (κ1) is 20.3. The van der Waals surface area contributed by atoms with E-state index >= 15 is 0 Å². The molecule has 2 N–H and O–H groups in total. The van der Waals surface area contributed by atoms with Crippen molar-refractivity contribution in [3.05, 3.63) is 34.4 Å². The Morgan fingerprint density at radius 2 is 1.65 bits per heavy atom. The Morgan fingerprint density at radius 1 is 1.08 bits per heavy atom. The van der Waals surface area contributed by atoms with E-state index in [0.29, 0.717) is 0 Å². The number of carbonyl (C=O) groups is 1. The van der Waals surface area contributed by atoms with Gasteiger partial charge >= 0.3 is 0 Å². The van der Waals surface area contributed by atoms with Crippen LogP contribution in [0, 0.1) is 10.1 Å². The molecule has 1 aliphatic rings. The van der Waals surface area contributed by atoms with Gasteiger partial charge in [-0.1, -0.05) is 32.1 Å². The van der Waals surface area contributed by atoms with Gasteiger partial charge < -0.3 is 5.32 Å². The van der Waals surface area contributed by atoms with Crippen LogP contribution in [-0.4, -0.2) is 31.8 Å². The molecule has 0 aromatic heterocycles. The second-order valence-electron chi connectivity index (χ2n) is 6.51. The maximum absolute atomic E-state index is 12.2. The first-order valence-corrected chi connectivity index (χ1v) is 10.4. The molecular formula is C17H25N3O5S. The monoisotopic (exact) mass is 383 g/mol. The Hall–Kier alpha value is -2.00. The Kier molecular flexibility index (Phi) is 7.52. The molecule has 0 spiro atoms. The van der Waals surface area contributed by atoms with Crippen LogP contribution in [0.25, 0.3) is 0 Å². The number of nitrogens with one attached hydrogen (secondary N) is 2. The van der Waals surface area contributed by atoms with Crippen molar-refractivity contribution in [3.8, 4) is 0 Å². The van der Waals surface area contributed by atoms with Gasteiger partial charge in [-0.25, -0.2) is 13.1 Å². The number of non-ortho nitro benzene ring substituents is 1. The molecular weight excluding hydrogens is 358 g/mol. The second-order valence-corrected chi connectivity index (χ2v) is 8.28. The molecule has 9 heteroatoms. The average molecular weight is 383 g/mol. The van der Waals surface area contributed by atoms with E-state index in [1.54, 1.807) is 0 Å². The van der Waals surface area contributed by atoms with E-state index in [4.69, 9.17) is 0 Å². The van der Waals surface area contributed by atoms with Crippen molar-refractivity contribution >= 4 is 21.6 Å². The van der Waals surface area contributed by atoms with Gasteiger partial charge in [-0.15, -0.1) is 0 Å². The van der Waals surface area contributed by atoms with Crippen LogP contribution in [-0.2, 0) is 14.8 Å². The Bertz CT molecular complexity index is 710. The maximum atomic E-state index is 12.2. The van der Waals surface area contributed by atoms with Gasteiger partial charge in [0.1, 0.15) is 0 Å². The van der Waals surface area contributed by atoms with Crippen molar-refractivity contribution in [1.82, 2.24) is 10.0 Å². The van der Waals surface area contributed by atoms with E-state index in [0.717, 1.165) is 37.8 Å². The lowest BCUT2D eigenvalue weighted by atomic mass is 9.96. The molecule has 1 aromatic rings. The smallest absolute Gasteiger partial charge is 0.269 e. The zero-order valence-corrected chi connectivity index (χ0v) is 15.5. The van der Waals surface area contributed by atoms with Crippen LogP contribution in [0.4, 0.5) is 5.69 Å². The number of amides is 1. The Labute approximate surface area is 153 Å². The zero-order chi connectivity index (χ0) is 19.0. The topological polar surface area (TPSA) is 118 Å². The minimum absolute atomic E-state index is 0.0160. The Balaban J connectivity index is 1.79. The predicted octanol–water partition coefficient (Wildman–Crippen LogP) is 2.49. The van der Waals surface area contributed by atoms with E-state index < -0.39 is 14.9 Å². The summed E-state index contributed by atoms with van der Waals surface area (Å²) in [6.45, 7) is -0.0160. The highest BCUT2D eigenvalue weighted by molar-refractivity contribution is 7.89. The summed E-state index contributed by atoms with van der Waals surface area (Å²) in [5.41, 5.74) is -0.178. The molecule has 1 amide bonds. The molecule has 8 nitrogen and oxygen atoms in total. The van der Waals surface area contributed by atoms with Gasteiger partial charge in [0.15, 0.2) is 0 Å². The van der Waals surface area contributed by atoms with E-state index in [9.17, 15) is 23.3 Å². The lowest BCUT2D eigenvalue weighted by molar-refractivity contribution is -0.384. The summed E-state index contributed by atoms with van der Waals surface area (Å²) in [6, 6.07) is 4.80. The van der Waals surface area contributed by atoms with Crippen molar-refractivity contribution in [2.45, 2.75) is 62.3 Å². The molecule has 144 valence electrons. The fourth-order valence-electron chi connectivity index (χ4n) is 3.03. The van der Waals surface area contributed by atoms with E-state index in [2.05, 4.69) is 10.0 Å². The first-order valence-electron chi connectivity index (χ1n) is 8.92. The highest BCUT2D eigenvalue weighted by atomic mass is 32.2. The highest BCUT2D eigenvalue weighted by Gasteiger charge is 2.17. The molecule has 0 aliphatic heterocycles. The summed E-state index contributed by atoms with van der Waals surface area (Å²) in [5.74, 6) is -0.165. The van der Waals surface area contributed by atoms with Crippen molar-refractivity contribution in [2.24, 2.45) is 0 Å². The lowest BCUT2D eigenvalue weighted by Crippen LogP contribution is -2.37. The number of rotatable bonds is 7. The standard InChI is InChI=1S/C17H25N3O5S/c21-17(19-14-6-4-2-1-3-5-7-14)12-13-18-26(24,25)16-10-8-15(9-11-16)20(22)23/h8-11,14,18H,1-7,12-13H2,(H,19,21). The number of sulfonamides is 1. The van der Waals surface area contributed by atoms with Crippen LogP contribution < -0.4 is 10.0 Å². The van der Waals surface area contributed by atoms with Crippen LogP contribution in [0.1, 0.15) is 51.4 Å². The quantitative estimate of drug-likeness (QED) is 0.554. The van der Waals surface area contributed by atoms with E-state index in [1.165, 1.54) is 31.4 Å². The van der Waals surface area contributed by atoms with Gasteiger partial charge in [0.05, 0.1) is 9.82 Å². The number of hydrogen-bond donors (Lipinski definition) is 2. The molecule has 1 saturated carbocycles. The Morgan fingerprint density at radius 3 is 2.23 bits per heavy atom. The minimum atomic E-state index is -3.79. The average Bonchev–Trinajstić information content (AvgIpc) is 2.57. The summed E-state index contributed by atoms with van der Waals surface area (Å²) in [6.07, 6.45) is 7.87. The molecule has 0 heterocycles. The second kappa shape index (κ2) is 9.63. The number of nitro groups is 1. The molecule has 1 aromatic carbocycles. The normalized spacial score (nSPS) is 16.5. The van der Waals surface area contributed by atoms with Gasteiger partial charge in [0.25, 0.3) is 5.69 Å². The molecule has 0 atom stereocenters. The lowest BCUT2D eigenvalue weighted by Gasteiger charge is -2.21. The molecule has 26 heavy (non-hydrogen) atoms. The molecule has 1 fully saturated rings. The van der Waals surface area contributed by atoms with Crippen molar-refractivity contribution in [1.29, 1.82) is 0 Å². The molecule has 0 saturated heterocycles. The van der Waals surface area contributed by atoms with Gasteiger partial charge in [-0.05, 0) is 25.0 Å². The zero-order valence-electron chi connectivity index (χ0n) is 14.6. The van der Waals surface area contributed by atoms with Gasteiger partial charge in [0, 0.05) is 31.1 Å². The summed E-state index contributed by atoms with van der Waals surface area (Å²) >= 11 is 0. The molecule has 2 rings (SSSR count). The fourth-order valence-corrected chi connectivity index (χ4v) is 4.06. The first-order chi connectivity index (χ1) is 12.4. The van der Waals surface area contributed by atoms with Crippen LogP contribution in [0.5, 0.6) is 0 Å². The van der Waals surface area contributed by atoms with Gasteiger partial charge in [0.2, 0.25) is 15.9 Å². The van der Waals surface area contributed by atoms with Crippen molar-refractivity contribution < 1.29 is 18.1 Å². The number of benzene rings is 1. The largest absolute Gasteiger partial charge is 0.353 e. The molecule has 0 unspecified atom stereocenters. The predicted molar refractivity (Wildman–Crippen MR) is 97.2 cm³/mol. The van der Waals surface area contributed by atoms with Gasteiger partial charge in [-0.3, -0.25) is 14.9 Å². The summed E-state index contributed by atoms with van der Waals surface area (Å²) in [4.78, 5) is 22.0. The third-order valence-electron chi connectivity index (χ3n) is 4.47. The van der Waals surface area contributed by atoms with Gasteiger partial charge in [-0.2, -0.15) is 0 Å². The van der Waals surface area contributed by atoms with Crippen LogP contribution >= 0.6 is 0 Å². The third kappa shape index (κ3) is 6.38. The minimum Gasteiger partial charge on any atom is -0.353 e. The molecule has 1 aliphatic carbocycles. The summed E-state index contributed by atoms with van der Waals surface area (Å²) < 4.78 is 26.7. The molecule has 0 bridgehead atoms. The fraction of sp³-hybridized carbons (Fsp3) is 0.588.